The number of halogens is 3. The van der Waals surface area contributed by atoms with Gasteiger partial charge in [-0.1, -0.05) is 41.9 Å². The molecule has 0 spiro atoms. The van der Waals surface area contributed by atoms with Gasteiger partial charge in [0.05, 0.1) is 18.3 Å². The van der Waals surface area contributed by atoms with E-state index in [2.05, 4.69) is 15.2 Å². The second-order valence-corrected chi connectivity index (χ2v) is 5.70. The first kappa shape index (κ1) is 17.9. The summed E-state index contributed by atoms with van der Waals surface area (Å²) < 4.78 is 31.0. The quantitative estimate of drug-likeness (QED) is 0.691. The molecule has 0 fully saturated rings. The van der Waals surface area contributed by atoms with Crippen LogP contribution >= 0.6 is 11.6 Å². The van der Waals surface area contributed by atoms with E-state index in [1.165, 1.54) is 24.4 Å². The molecule has 26 heavy (non-hydrogen) atoms. The summed E-state index contributed by atoms with van der Waals surface area (Å²) in [6.45, 7) is -2.67. The molecule has 3 rings (SSSR count). The SMILES string of the molecule is O=C(Nc1ccnn1Cc1ccccc1Cl)c1ccccc1OC(F)F. The van der Waals surface area contributed by atoms with E-state index in [9.17, 15) is 13.6 Å². The number of carbonyl (C=O) groups is 1. The van der Waals surface area contributed by atoms with Crippen molar-refractivity contribution in [2.75, 3.05) is 5.32 Å². The van der Waals surface area contributed by atoms with Gasteiger partial charge < -0.3 is 10.1 Å². The second-order valence-electron chi connectivity index (χ2n) is 5.29. The first-order valence-corrected chi connectivity index (χ1v) is 8.03. The number of benzene rings is 2. The predicted octanol–water partition coefficient (Wildman–Crippen LogP) is 4.44. The molecular weight excluding hydrogens is 364 g/mol. The zero-order chi connectivity index (χ0) is 18.5. The van der Waals surface area contributed by atoms with E-state index in [4.69, 9.17) is 11.6 Å². The molecule has 0 aliphatic rings. The van der Waals surface area contributed by atoms with Gasteiger partial charge in [-0.3, -0.25) is 4.79 Å². The highest BCUT2D eigenvalue weighted by atomic mass is 35.5. The molecule has 8 heteroatoms. The van der Waals surface area contributed by atoms with Crippen molar-refractivity contribution in [1.29, 1.82) is 0 Å². The number of nitrogens with zero attached hydrogens (tertiary/aromatic N) is 2. The van der Waals surface area contributed by atoms with Gasteiger partial charge in [0.15, 0.2) is 0 Å². The molecule has 1 heterocycles. The molecule has 0 unspecified atom stereocenters. The van der Waals surface area contributed by atoms with Crippen LogP contribution in [0.2, 0.25) is 5.02 Å². The minimum Gasteiger partial charge on any atom is -0.434 e. The Kier molecular flexibility index (Phi) is 5.48. The monoisotopic (exact) mass is 377 g/mol. The van der Waals surface area contributed by atoms with Gasteiger partial charge in [0.1, 0.15) is 11.6 Å². The maximum absolute atomic E-state index is 12.5. The average Bonchev–Trinajstić information content (AvgIpc) is 3.03. The van der Waals surface area contributed by atoms with E-state index in [1.807, 2.05) is 18.2 Å². The van der Waals surface area contributed by atoms with Crippen molar-refractivity contribution in [2.24, 2.45) is 0 Å². The van der Waals surface area contributed by atoms with Crippen molar-refractivity contribution in [3.8, 4) is 5.75 Å². The Balaban J connectivity index is 1.80. The minimum absolute atomic E-state index is 0.00158. The molecule has 0 radical (unpaired) electrons. The summed E-state index contributed by atoms with van der Waals surface area (Å²) in [5.41, 5.74) is 0.827. The van der Waals surface area contributed by atoms with Gasteiger partial charge >= 0.3 is 6.61 Å². The van der Waals surface area contributed by atoms with Crippen molar-refractivity contribution in [3.05, 3.63) is 76.9 Å². The number of para-hydroxylation sites is 1. The van der Waals surface area contributed by atoms with Crippen LogP contribution in [0.25, 0.3) is 0 Å². The highest BCUT2D eigenvalue weighted by Gasteiger charge is 2.17. The summed E-state index contributed by atoms with van der Waals surface area (Å²) in [5, 5.41) is 7.40. The number of hydrogen-bond donors (Lipinski definition) is 1. The molecule has 0 atom stereocenters. The largest absolute Gasteiger partial charge is 0.434 e. The van der Waals surface area contributed by atoms with E-state index in [1.54, 1.807) is 22.9 Å². The van der Waals surface area contributed by atoms with Crippen molar-refractivity contribution < 1.29 is 18.3 Å². The number of anilines is 1. The fourth-order valence-corrected chi connectivity index (χ4v) is 2.58. The Labute approximate surface area is 153 Å². The lowest BCUT2D eigenvalue weighted by Gasteiger charge is -2.12. The van der Waals surface area contributed by atoms with Gasteiger partial charge in [-0.2, -0.15) is 13.9 Å². The number of aromatic nitrogens is 2. The van der Waals surface area contributed by atoms with Gasteiger partial charge in [0.2, 0.25) is 0 Å². The van der Waals surface area contributed by atoms with Crippen molar-refractivity contribution >= 4 is 23.3 Å². The number of hydrogen-bond acceptors (Lipinski definition) is 3. The third-order valence-electron chi connectivity index (χ3n) is 3.58. The Morgan fingerprint density at radius 3 is 2.65 bits per heavy atom. The number of rotatable bonds is 6. The Morgan fingerprint density at radius 1 is 1.15 bits per heavy atom. The Bertz CT molecular complexity index is 915. The van der Waals surface area contributed by atoms with Gasteiger partial charge in [-0.15, -0.1) is 0 Å². The maximum Gasteiger partial charge on any atom is 0.387 e. The summed E-state index contributed by atoms with van der Waals surface area (Å²) in [4.78, 5) is 12.5. The summed E-state index contributed by atoms with van der Waals surface area (Å²) in [5.74, 6) is -0.374. The molecule has 1 aromatic heterocycles. The van der Waals surface area contributed by atoms with Gasteiger partial charge in [-0.05, 0) is 23.8 Å². The predicted molar refractivity (Wildman–Crippen MR) is 93.8 cm³/mol. The lowest BCUT2D eigenvalue weighted by molar-refractivity contribution is -0.0501. The minimum atomic E-state index is -3.02. The third-order valence-corrected chi connectivity index (χ3v) is 3.95. The fraction of sp³-hybridized carbons (Fsp3) is 0.111. The maximum atomic E-state index is 12.5. The van der Waals surface area contributed by atoms with Crippen molar-refractivity contribution in [1.82, 2.24) is 9.78 Å². The zero-order valence-corrected chi connectivity index (χ0v) is 14.2. The van der Waals surface area contributed by atoms with Crippen LogP contribution in [0.4, 0.5) is 14.6 Å². The summed E-state index contributed by atoms with van der Waals surface area (Å²) in [6, 6.07) is 14.7. The Hall–Kier alpha value is -2.93. The molecule has 1 amide bonds. The Morgan fingerprint density at radius 2 is 1.88 bits per heavy atom. The highest BCUT2D eigenvalue weighted by molar-refractivity contribution is 6.31. The standard InChI is InChI=1S/C18H14ClF2N3O2/c19-14-7-3-1-5-12(14)11-24-16(9-10-22-24)23-17(25)13-6-2-4-8-15(13)26-18(20)21/h1-10,18H,11H2,(H,23,25). The summed E-state index contributed by atoms with van der Waals surface area (Å²) in [7, 11) is 0. The van der Waals surface area contributed by atoms with Crippen molar-refractivity contribution in [3.63, 3.8) is 0 Å². The van der Waals surface area contributed by atoms with E-state index in [0.29, 0.717) is 17.4 Å². The molecule has 0 aliphatic heterocycles. The zero-order valence-electron chi connectivity index (χ0n) is 13.4. The highest BCUT2D eigenvalue weighted by Crippen LogP contribution is 2.22. The molecule has 134 valence electrons. The van der Waals surface area contributed by atoms with Crippen molar-refractivity contribution in [2.45, 2.75) is 13.2 Å². The van der Waals surface area contributed by atoms with Crippen LogP contribution in [0.15, 0.2) is 60.8 Å². The van der Waals surface area contributed by atoms with Crippen LogP contribution in [-0.2, 0) is 6.54 Å². The number of ether oxygens (including phenoxy) is 1. The smallest absolute Gasteiger partial charge is 0.387 e. The van der Waals surface area contributed by atoms with E-state index in [-0.39, 0.29) is 11.3 Å². The topological polar surface area (TPSA) is 56.2 Å². The second kappa shape index (κ2) is 7.97. The number of carbonyl (C=O) groups excluding carboxylic acids is 1. The van der Waals surface area contributed by atoms with Crippen LogP contribution in [0.1, 0.15) is 15.9 Å². The molecule has 1 N–H and O–H groups in total. The molecule has 0 saturated heterocycles. The van der Waals surface area contributed by atoms with E-state index in [0.717, 1.165) is 5.56 Å². The fourth-order valence-electron chi connectivity index (χ4n) is 2.39. The summed E-state index contributed by atoms with van der Waals surface area (Å²) >= 11 is 6.15. The molecule has 0 saturated carbocycles. The van der Waals surface area contributed by atoms with E-state index < -0.39 is 12.5 Å². The van der Waals surface area contributed by atoms with Gasteiger partial charge in [0, 0.05) is 11.1 Å². The van der Waals surface area contributed by atoms with Crippen LogP contribution in [-0.4, -0.2) is 22.3 Å². The molecule has 3 aromatic rings. The molecular formula is C18H14ClF2N3O2. The van der Waals surface area contributed by atoms with Crippen LogP contribution in [0.5, 0.6) is 5.75 Å². The molecule has 0 aliphatic carbocycles. The lowest BCUT2D eigenvalue weighted by Crippen LogP contribution is -2.18. The molecule has 0 bridgehead atoms. The molecule has 5 nitrogen and oxygen atoms in total. The lowest BCUT2D eigenvalue weighted by atomic mass is 10.2. The normalized spacial score (nSPS) is 10.8. The van der Waals surface area contributed by atoms with Gasteiger partial charge in [0.25, 0.3) is 5.91 Å². The van der Waals surface area contributed by atoms with Crippen LogP contribution < -0.4 is 10.1 Å². The average molecular weight is 378 g/mol. The number of alkyl halides is 2. The number of amides is 1. The summed E-state index contributed by atoms with van der Waals surface area (Å²) in [6.07, 6.45) is 1.52. The number of nitrogens with one attached hydrogen (secondary N) is 1. The first-order valence-electron chi connectivity index (χ1n) is 7.65. The van der Waals surface area contributed by atoms with Gasteiger partial charge in [-0.25, -0.2) is 4.68 Å². The van der Waals surface area contributed by atoms with Crippen LogP contribution in [0.3, 0.4) is 0 Å². The first-order chi connectivity index (χ1) is 12.5. The molecule has 2 aromatic carbocycles. The van der Waals surface area contributed by atoms with Crippen LogP contribution in [0, 0.1) is 0 Å². The van der Waals surface area contributed by atoms with E-state index >= 15 is 0 Å². The third kappa shape index (κ3) is 4.18.